The minimum Gasteiger partial charge on any atom is -0.263 e. The van der Waals surface area contributed by atoms with Crippen molar-refractivity contribution in [1.82, 2.24) is 0 Å². The third-order valence-corrected chi connectivity index (χ3v) is 4.70. The summed E-state index contributed by atoms with van der Waals surface area (Å²) >= 11 is 0. The summed E-state index contributed by atoms with van der Waals surface area (Å²) < 4.78 is 16.0. The molecule has 0 aliphatic carbocycles. The van der Waals surface area contributed by atoms with E-state index < -0.39 is 20.0 Å². The van der Waals surface area contributed by atoms with Crippen molar-refractivity contribution in [1.29, 1.82) is 0 Å². The molecule has 0 radical (unpaired) electrons. The first-order chi connectivity index (χ1) is 7.02. The van der Waals surface area contributed by atoms with E-state index in [2.05, 4.69) is 4.36 Å². The molecule has 0 N–H and O–H groups in total. The van der Waals surface area contributed by atoms with Gasteiger partial charge in [-0.25, -0.2) is 8.57 Å². The molecule has 15 heavy (non-hydrogen) atoms. The molecule has 0 aliphatic rings. The van der Waals surface area contributed by atoms with Gasteiger partial charge in [-0.2, -0.15) is 0 Å². The Morgan fingerprint density at radius 1 is 1.40 bits per heavy atom. The van der Waals surface area contributed by atoms with E-state index in [1.165, 1.54) is 14.0 Å². The summed E-state index contributed by atoms with van der Waals surface area (Å²) in [5, 5.41) is 9.44. The van der Waals surface area contributed by atoms with Crippen molar-refractivity contribution in [2.24, 2.45) is 4.36 Å². The Bertz CT molecular complexity index is 464. The summed E-state index contributed by atoms with van der Waals surface area (Å²) in [6, 6.07) is 8.32. The van der Waals surface area contributed by atoms with Crippen molar-refractivity contribution in [2.75, 3.05) is 7.05 Å². The van der Waals surface area contributed by atoms with E-state index in [1.807, 2.05) is 0 Å². The topological polar surface area (TPSA) is 72.6 Å². The molecule has 0 bridgehead atoms. The molecule has 0 spiro atoms. The van der Waals surface area contributed by atoms with Crippen LogP contribution in [0.25, 0.3) is 0 Å². The van der Waals surface area contributed by atoms with Crippen LogP contribution in [0.3, 0.4) is 0 Å². The highest BCUT2D eigenvalue weighted by molar-refractivity contribution is 7.94. The monoisotopic (exact) mass is 228 g/mol. The summed E-state index contributed by atoms with van der Waals surface area (Å²) in [7, 11) is -1.62. The maximum atomic E-state index is 12.3. The molecule has 6 heteroatoms. The minimum atomic E-state index is -2.96. The number of rotatable bonds is 3. The highest BCUT2D eigenvalue weighted by atomic mass is 32.2. The summed E-state index contributed by atoms with van der Waals surface area (Å²) in [5.41, 5.74) is 0. The molecule has 0 aromatic heterocycles. The van der Waals surface area contributed by atoms with Crippen molar-refractivity contribution in [3.8, 4) is 0 Å². The number of nitro groups is 1. The van der Waals surface area contributed by atoms with Crippen LogP contribution in [0.15, 0.2) is 39.6 Å². The summed E-state index contributed by atoms with van der Waals surface area (Å²) in [4.78, 5) is 10.5. The second-order valence-corrected chi connectivity index (χ2v) is 5.60. The van der Waals surface area contributed by atoms with Gasteiger partial charge in [0.05, 0.1) is 4.90 Å². The van der Waals surface area contributed by atoms with Gasteiger partial charge in [0.1, 0.15) is 9.73 Å². The quantitative estimate of drug-likeness (QED) is 0.584. The van der Waals surface area contributed by atoms with Gasteiger partial charge in [0.2, 0.25) is 0 Å². The zero-order chi connectivity index (χ0) is 11.5. The Labute approximate surface area is 88.5 Å². The fourth-order valence-corrected chi connectivity index (χ4v) is 2.88. The number of hydrogen-bond acceptors (Lipinski definition) is 4. The van der Waals surface area contributed by atoms with E-state index in [1.54, 1.807) is 30.3 Å². The normalized spacial score (nSPS) is 16.4. The van der Waals surface area contributed by atoms with Crippen LogP contribution in [0.5, 0.6) is 0 Å². The van der Waals surface area contributed by atoms with Gasteiger partial charge in [0.15, 0.2) is 0 Å². The molecule has 0 saturated carbocycles. The summed E-state index contributed by atoms with van der Waals surface area (Å²) in [6.07, 6.45) is 0. The van der Waals surface area contributed by atoms with Crippen molar-refractivity contribution < 1.29 is 9.13 Å². The first-order valence-corrected chi connectivity index (χ1v) is 5.93. The smallest absolute Gasteiger partial charge is 0.263 e. The summed E-state index contributed by atoms with van der Waals surface area (Å²) in [6.45, 7) is 1.31. The minimum absolute atomic E-state index is 0.400. The van der Waals surface area contributed by atoms with Crippen LogP contribution >= 0.6 is 0 Å². The predicted octanol–water partition coefficient (Wildman–Crippen LogP) is 1.77. The maximum Gasteiger partial charge on any atom is 0.294 e. The highest BCUT2D eigenvalue weighted by Gasteiger charge is 2.29. The average Bonchev–Trinajstić information content (AvgIpc) is 2.28. The molecule has 82 valence electrons. The maximum absolute atomic E-state index is 12.3. The van der Waals surface area contributed by atoms with Crippen LogP contribution in [0, 0.1) is 10.1 Å². The number of benzene rings is 1. The predicted molar refractivity (Wildman–Crippen MR) is 57.7 cm³/mol. The molecule has 2 atom stereocenters. The first kappa shape index (κ1) is 11.6. The molecule has 0 amide bonds. The fraction of sp³-hybridized carbons (Fsp3) is 0.333. The molecule has 0 saturated heterocycles. The highest BCUT2D eigenvalue weighted by Crippen LogP contribution is 2.18. The lowest BCUT2D eigenvalue weighted by Gasteiger charge is -2.10. The molecule has 1 aromatic carbocycles. The average molecular weight is 228 g/mol. The lowest BCUT2D eigenvalue weighted by Crippen LogP contribution is -2.26. The van der Waals surface area contributed by atoms with Crippen molar-refractivity contribution in [3.05, 3.63) is 40.4 Å². The van der Waals surface area contributed by atoms with Crippen LogP contribution in [-0.4, -0.2) is 21.6 Å². The standard InChI is InChI=1S/C9H12N2O3S/c1-8(11(12)13)15(14,10-2)9-6-4-3-5-7-9/h3-8H,1-2H3. The number of nitrogens with zero attached hydrogens (tertiary/aromatic N) is 2. The Kier molecular flexibility index (Phi) is 3.41. The van der Waals surface area contributed by atoms with E-state index in [0.29, 0.717) is 4.90 Å². The van der Waals surface area contributed by atoms with Crippen molar-refractivity contribution >= 4 is 9.73 Å². The Hall–Kier alpha value is -1.43. The zero-order valence-electron chi connectivity index (χ0n) is 8.49. The van der Waals surface area contributed by atoms with Gasteiger partial charge in [-0.1, -0.05) is 18.2 Å². The van der Waals surface area contributed by atoms with Gasteiger partial charge in [0.25, 0.3) is 5.37 Å². The Balaban J connectivity index is 3.32. The van der Waals surface area contributed by atoms with E-state index in [4.69, 9.17) is 0 Å². The molecular formula is C9H12N2O3S. The van der Waals surface area contributed by atoms with Crippen molar-refractivity contribution in [3.63, 3.8) is 0 Å². The number of hydrogen-bond donors (Lipinski definition) is 0. The van der Waals surface area contributed by atoms with Crippen LogP contribution < -0.4 is 0 Å². The largest absolute Gasteiger partial charge is 0.294 e. The Morgan fingerprint density at radius 3 is 2.33 bits per heavy atom. The third kappa shape index (κ3) is 2.15. The van der Waals surface area contributed by atoms with E-state index >= 15 is 0 Å². The fourth-order valence-electron chi connectivity index (χ4n) is 1.19. The van der Waals surface area contributed by atoms with Gasteiger partial charge in [-0.05, 0) is 12.1 Å². The van der Waals surface area contributed by atoms with Crippen LogP contribution in [0.1, 0.15) is 6.92 Å². The zero-order valence-corrected chi connectivity index (χ0v) is 9.31. The van der Waals surface area contributed by atoms with Gasteiger partial charge in [0, 0.05) is 18.9 Å². The lowest BCUT2D eigenvalue weighted by molar-refractivity contribution is -0.492. The molecule has 0 heterocycles. The first-order valence-electron chi connectivity index (χ1n) is 4.35. The van der Waals surface area contributed by atoms with E-state index in [-0.39, 0.29) is 0 Å². The summed E-state index contributed by atoms with van der Waals surface area (Å²) in [5.74, 6) is 0. The molecule has 0 aliphatic heterocycles. The SMILES string of the molecule is CN=S(=O)(c1ccccc1)C(C)[N+](=O)[O-]. The second-order valence-electron chi connectivity index (χ2n) is 2.95. The van der Waals surface area contributed by atoms with Crippen LogP contribution in [0.2, 0.25) is 0 Å². The van der Waals surface area contributed by atoms with Gasteiger partial charge in [-0.15, -0.1) is 0 Å². The second kappa shape index (κ2) is 4.39. The molecule has 5 nitrogen and oxygen atoms in total. The van der Waals surface area contributed by atoms with Crippen molar-refractivity contribution in [2.45, 2.75) is 17.2 Å². The Morgan fingerprint density at radius 2 is 1.93 bits per heavy atom. The van der Waals surface area contributed by atoms with Crippen LogP contribution in [0.4, 0.5) is 0 Å². The van der Waals surface area contributed by atoms with Gasteiger partial charge in [-0.3, -0.25) is 10.1 Å². The molecule has 0 fully saturated rings. The van der Waals surface area contributed by atoms with Gasteiger partial charge < -0.3 is 0 Å². The van der Waals surface area contributed by atoms with Gasteiger partial charge >= 0.3 is 0 Å². The van der Waals surface area contributed by atoms with E-state index in [0.717, 1.165) is 0 Å². The lowest BCUT2D eigenvalue weighted by atomic mass is 10.4. The third-order valence-electron chi connectivity index (χ3n) is 2.11. The van der Waals surface area contributed by atoms with Crippen LogP contribution in [-0.2, 0) is 9.73 Å². The van der Waals surface area contributed by atoms with E-state index in [9.17, 15) is 14.3 Å². The molecular weight excluding hydrogens is 216 g/mol. The molecule has 2 unspecified atom stereocenters. The molecule has 1 aromatic rings. The molecule has 1 rings (SSSR count).